The van der Waals surface area contributed by atoms with E-state index in [1.165, 1.54) is 0 Å². The lowest BCUT2D eigenvalue weighted by atomic mass is 9.99. The molecule has 2 atom stereocenters. The Kier molecular flexibility index (Phi) is 3.35. The second-order valence-corrected chi connectivity index (χ2v) is 5.09. The van der Waals surface area contributed by atoms with Crippen molar-refractivity contribution in [3.05, 3.63) is 40.9 Å². The molecule has 2 aromatic carbocycles. The predicted octanol–water partition coefficient (Wildman–Crippen LogP) is 3.86. The number of ether oxygens (including phenoxy) is 1. The van der Waals surface area contributed by atoms with E-state index in [9.17, 15) is 0 Å². The number of hydrogen-bond donors (Lipinski definition) is 1. The average Bonchev–Trinajstić information content (AvgIpc) is 2.78. The lowest BCUT2D eigenvalue weighted by Gasteiger charge is -2.17. The second kappa shape index (κ2) is 5.00. The van der Waals surface area contributed by atoms with Crippen LogP contribution in [-0.2, 0) is 4.84 Å². The Morgan fingerprint density at radius 3 is 2.74 bits per heavy atom. The third kappa shape index (κ3) is 1.98. The molecule has 1 aliphatic rings. The molecule has 1 N–H and O–H groups in total. The molecule has 100 valence electrons. The van der Waals surface area contributed by atoms with Crippen molar-refractivity contribution in [1.29, 1.82) is 0 Å². The molecule has 0 fully saturated rings. The van der Waals surface area contributed by atoms with Gasteiger partial charge in [-0.1, -0.05) is 42.8 Å². The quantitative estimate of drug-likeness (QED) is 0.864. The van der Waals surface area contributed by atoms with Crippen LogP contribution in [0.25, 0.3) is 10.8 Å². The highest BCUT2D eigenvalue weighted by molar-refractivity contribution is 6.36. The minimum absolute atomic E-state index is 0.0205. The molecule has 2 aromatic rings. The highest BCUT2D eigenvalue weighted by atomic mass is 35.5. The van der Waals surface area contributed by atoms with Crippen molar-refractivity contribution in [3.8, 4) is 5.75 Å². The fraction of sp³-hybridized carbons (Fsp3) is 0.333. The van der Waals surface area contributed by atoms with Gasteiger partial charge in [-0.25, -0.2) is 0 Å². The first-order valence-corrected chi connectivity index (χ1v) is 6.80. The lowest BCUT2D eigenvalue weighted by Crippen LogP contribution is -2.29. The number of hydroxylamine groups is 1. The fourth-order valence-corrected chi connectivity index (χ4v) is 2.97. The van der Waals surface area contributed by atoms with Gasteiger partial charge in [0.05, 0.1) is 13.2 Å². The number of nitrogens with one attached hydrogen (secondary N) is 1. The van der Waals surface area contributed by atoms with Crippen molar-refractivity contribution in [2.75, 3.05) is 7.11 Å². The van der Waals surface area contributed by atoms with Gasteiger partial charge in [0.1, 0.15) is 11.9 Å². The van der Waals surface area contributed by atoms with E-state index in [2.05, 4.69) is 12.4 Å². The molecule has 3 rings (SSSR count). The third-order valence-corrected chi connectivity index (χ3v) is 3.91. The fourth-order valence-electron chi connectivity index (χ4n) is 2.69. The normalized spacial score (nSPS) is 21.4. The van der Waals surface area contributed by atoms with Crippen molar-refractivity contribution in [2.45, 2.75) is 25.5 Å². The molecule has 4 heteroatoms. The van der Waals surface area contributed by atoms with Crippen LogP contribution in [0, 0.1) is 0 Å². The zero-order chi connectivity index (χ0) is 13.4. The molecule has 3 nitrogen and oxygen atoms in total. The Hall–Kier alpha value is -1.29. The summed E-state index contributed by atoms with van der Waals surface area (Å²) in [5, 5.41) is 2.83. The first-order valence-electron chi connectivity index (χ1n) is 6.42. The molecule has 0 bridgehead atoms. The monoisotopic (exact) mass is 277 g/mol. The van der Waals surface area contributed by atoms with Crippen molar-refractivity contribution < 1.29 is 9.57 Å². The van der Waals surface area contributed by atoms with Gasteiger partial charge in [0.15, 0.2) is 0 Å². The van der Waals surface area contributed by atoms with Gasteiger partial charge in [0, 0.05) is 21.4 Å². The second-order valence-electron chi connectivity index (χ2n) is 4.69. The van der Waals surface area contributed by atoms with Gasteiger partial charge in [-0.05, 0) is 12.5 Å². The summed E-state index contributed by atoms with van der Waals surface area (Å²) in [6.45, 7) is 2.10. The van der Waals surface area contributed by atoms with E-state index in [0.29, 0.717) is 0 Å². The Balaban J connectivity index is 2.20. The van der Waals surface area contributed by atoms with Gasteiger partial charge in [0.25, 0.3) is 0 Å². The van der Waals surface area contributed by atoms with Crippen LogP contribution in [0.2, 0.25) is 5.02 Å². The zero-order valence-corrected chi connectivity index (χ0v) is 11.7. The van der Waals surface area contributed by atoms with Gasteiger partial charge >= 0.3 is 0 Å². The molecule has 1 aliphatic heterocycles. The van der Waals surface area contributed by atoms with Crippen molar-refractivity contribution in [2.24, 2.45) is 0 Å². The van der Waals surface area contributed by atoms with E-state index in [-0.39, 0.29) is 12.1 Å². The molecule has 0 amide bonds. The van der Waals surface area contributed by atoms with E-state index in [4.69, 9.17) is 21.2 Å². The summed E-state index contributed by atoms with van der Waals surface area (Å²) in [5.41, 5.74) is 4.08. The standard InChI is InChI=1S/C15H16ClNO2/c1-3-13-14(17-18-2)11-8-12(16)9-6-4-5-7-10(9)15(11)19-13/h4-8,13-14,17H,3H2,1-2H3. The third-order valence-electron chi connectivity index (χ3n) is 3.60. The van der Waals surface area contributed by atoms with E-state index < -0.39 is 0 Å². The summed E-state index contributed by atoms with van der Waals surface area (Å²) in [6.07, 6.45) is 0.971. The Labute approximate surface area is 117 Å². The van der Waals surface area contributed by atoms with Crippen LogP contribution in [-0.4, -0.2) is 13.2 Å². The zero-order valence-electron chi connectivity index (χ0n) is 10.9. The van der Waals surface area contributed by atoms with Crippen LogP contribution in [0.4, 0.5) is 0 Å². The molecular formula is C15H16ClNO2. The molecule has 0 spiro atoms. The summed E-state index contributed by atoms with van der Waals surface area (Å²) >= 11 is 6.37. The molecule has 2 unspecified atom stereocenters. The predicted molar refractivity (Wildman–Crippen MR) is 76.6 cm³/mol. The molecule has 1 heterocycles. The topological polar surface area (TPSA) is 30.5 Å². The Morgan fingerprint density at radius 2 is 2.05 bits per heavy atom. The van der Waals surface area contributed by atoms with Crippen LogP contribution in [0.1, 0.15) is 24.9 Å². The molecule has 19 heavy (non-hydrogen) atoms. The van der Waals surface area contributed by atoms with Crippen molar-refractivity contribution in [1.82, 2.24) is 5.48 Å². The average molecular weight is 278 g/mol. The molecule has 0 saturated carbocycles. The molecule has 0 aromatic heterocycles. The van der Waals surface area contributed by atoms with E-state index in [1.807, 2.05) is 30.3 Å². The number of rotatable bonds is 3. The van der Waals surface area contributed by atoms with Gasteiger partial charge in [-0.15, -0.1) is 0 Å². The van der Waals surface area contributed by atoms with E-state index in [0.717, 1.165) is 33.5 Å². The minimum Gasteiger partial charge on any atom is -0.487 e. The number of hydrogen-bond acceptors (Lipinski definition) is 3. The molecule has 0 aliphatic carbocycles. The number of benzene rings is 2. The SMILES string of the molecule is CCC1Oc2c(cc(Cl)c3ccccc23)C1NOC. The maximum Gasteiger partial charge on any atom is 0.132 e. The highest BCUT2D eigenvalue weighted by Gasteiger charge is 2.35. The van der Waals surface area contributed by atoms with Gasteiger partial charge in [0.2, 0.25) is 0 Å². The summed E-state index contributed by atoms with van der Waals surface area (Å²) in [5.74, 6) is 0.918. The van der Waals surface area contributed by atoms with Crippen LogP contribution < -0.4 is 10.2 Å². The van der Waals surface area contributed by atoms with Crippen molar-refractivity contribution >= 4 is 22.4 Å². The first-order chi connectivity index (χ1) is 9.26. The first kappa shape index (κ1) is 12.7. The van der Waals surface area contributed by atoms with Crippen LogP contribution in [0.3, 0.4) is 0 Å². The maximum atomic E-state index is 6.37. The van der Waals surface area contributed by atoms with E-state index >= 15 is 0 Å². The van der Waals surface area contributed by atoms with E-state index in [1.54, 1.807) is 7.11 Å². The Bertz CT molecular complexity index is 614. The molecule has 0 radical (unpaired) electrons. The van der Waals surface area contributed by atoms with Crippen LogP contribution in [0.15, 0.2) is 30.3 Å². The van der Waals surface area contributed by atoms with Crippen LogP contribution in [0.5, 0.6) is 5.75 Å². The summed E-state index contributed by atoms with van der Waals surface area (Å²) in [4.78, 5) is 5.09. The summed E-state index contributed by atoms with van der Waals surface area (Å²) in [7, 11) is 1.62. The molecular weight excluding hydrogens is 262 g/mol. The Morgan fingerprint density at radius 1 is 1.32 bits per heavy atom. The van der Waals surface area contributed by atoms with Crippen LogP contribution >= 0.6 is 11.6 Å². The number of fused-ring (bicyclic) bond motifs is 3. The largest absolute Gasteiger partial charge is 0.487 e. The van der Waals surface area contributed by atoms with Gasteiger partial charge < -0.3 is 9.57 Å². The molecule has 0 saturated heterocycles. The maximum absolute atomic E-state index is 6.37. The van der Waals surface area contributed by atoms with Crippen molar-refractivity contribution in [3.63, 3.8) is 0 Å². The van der Waals surface area contributed by atoms with Gasteiger partial charge in [-0.2, -0.15) is 5.48 Å². The lowest BCUT2D eigenvalue weighted by molar-refractivity contribution is 0.0285. The summed E-state index contributed by atoms with van der Waals surface area (Å²) in [6, 6.07) is 10.0. The summed E-state index contributed by atoms with van der Waals surface area (Å²) < 4.78 is 6.09. The van der Waals surface area contributed by atoms with Gasteiger partial charge in [-0.3, -0.25) is 0 Å². The minimum atomic E-state index is 0.0205. The smallest absolute Gasteiger partial charge is 0.132 e. The highest BCUT2D eigenvalue weighted by Crippen LogP contribution is 2.45. The number of halogens is 1.